The fourth-order valence-electron chi connectivity index (χ4n) is 5.15. The maximum Gasteiger partial charge on any atom is 0.277 e. The molecule has 11 heteroatoms. The number of hydrogen-bond acceptors (Lipinski definition) is 7. The molecular formula is C27H31N5O5S. The van der Waals surface area contributed by atoms with E-state index in [1.54, 1.807) is 36.3 Å². The summed E-state index contributed by atoms with van der Waals surface area (Å²) in [6.45, 7) is 1.22. The third kappa shape index (κ3) is 4.91. The van der Waals surface area contributed by atoms with Gasteiger partial charge in [0.2, 0.25) is 5.91 Å². The summed E-state index contributed by atoms with van der Waals surface area (Å²) in [4.78, 5) is 26.4. The minimum Gasteiger partial charge on any atom is -0.497 e. The van der Waals surface area contributed by atoms with E-state index in [1.165, 1.54) is 10.2 Å². The predicted octanol–water partition coefficient (Wildman–Crippen LogP) is 1.98. The van der Waals surface area contributed by atoms with Gasteiger partial charge in [-0.05, 0) is 79.6 Å². The molecule has 0 atom stereocenters. The zero-order valence-corrected chi connectivity index (χ0v) is 22.3. The lowest BCUT2D eigenvalue weighted by atomic mass is 9.92. The van der Waals surface area contributed by atoms with Crippen LogP contribution in [0.2, 0.25) is 0 Å². The fourth-order valence-corrected chi connectivity index (χ4v) is 6.03. The summed E-state index contributed by atoms with van der Waals surface area (Å²) < 4.78 is 31.7. The molecule has 1 saturated carbocycles. The number of nitrogens with zero attached hydrogens (tertiary/aromatic N) is 3. The molecule has 2 aromatic carbocycles. The predicted molar refractivity (Wildman–Crippen MR) is 143 cm³/mol. The van der Waals surface area contributed by atoms with E-state index in [2.05, 4.69) is 22.5 Å². The molecule has 0 spiro atoms. The lowest BCUT2D eigenvalue weighted by Crippen LogP contribution is -2.39. The molecule has 1 aliphatic carbocycles. The van der Waals surface area contributed by atoms with Gasteiger partial charge in [-0.3, -0.25) is 9.59 Å². The molecule has 2 heterocycles. The van der Waals surface area contributed by atoms with E-state index in [0.717, 1.165) is 31.2 Å². The van der Waals surface area contributed by atoms with Crippen molar-refractivity contribution in [2.75, 3.05) is 37.9 Å². The van der Waals surface area contributed by atoms with E-state index in [9.17, 15) is 18.0 Å². The molecule has 2 amide bonds. The summed E-state index contributed by atoms with van der Waals surface area (Å²) in [5.74, 6) is -0.0252. The molecule has 1 fully saturated rings. The minimum absolute atomic E-state index is 0.0627. The first-order valence-electron chi connectivity index (χ1n) is 12.5. The smallest absolute Gasteiger partial charge is 0.277 e. The molecule has 10 nitrogen and oxygen atoms in total. The number of aromatic nitrogens is 2. The average Bonchev–Trinajstić information content (AvgIpc) is 3.57. The first kappa shape index (κ1) is 25.9. The fraction of sp³-hybridized carbons (Fsp3) is 0.370. The zero-order valence-electron chi connectivity index (χ0n) is 21.4. The van der Waals surface area contributed by atoms with E-state index >= 15 is 0 Å². The number of rotatable bonds is 10. The lowest BCUT2D eigenvalue weighted by Gasteiger charge is -2.28. The Hall–Kier alpha value is -3.70. The van der Waals surface area contributed by atoms with Crippen molar-refractivity contribution >= 4 is 27.3 Å². The number of amides is 2. The average molecular weight is 538 g/mol. The Labute approximate surface area is 221 Å². The van der Waals surface area contributed by atoms with Crippen molar-refractivity contribution in [2.24, 2.45) is 5.73 Å². The number of primary amides is 1. The Bertz CT molecular complexity index is 1480. The minimum atomic E-state index is -3.64. The van der Waals surface area contributed by atoms with Crippen molar-refractivity contribution in [3.05, 3.63) is 65.4 Å². The monoisotopic (exact) mass is 537 g/mol. The zero-order chi connectivity index (χ0) is 27.1. The Morgan fingerprint density at radius 1 is 1.11 bits per heavy atom. The molecule has 2 aliphatic rings. The molecule has 38 heavy (non-hydrogen) atoms. The van der Waals surface area contributed by atoms with Gasteiger partial charge in [0.1, 0.15) is 11.4 Å². The number of benzene rings is 2. The van der Waals surface area contributed by atoms with Crippen LogP contribution in [0.4, 0.5) is 5.69 Å². The Morgan fingerprint density at radius 2 is 1.76 bits per heavy atom. The third-order valence-electron chi connectivity index (χ3n) is 7.37. The van der Waals surface area contributed by atoms with Gasteiger partial charge in [0.05, 0.1) is 19.3 Å². The molecule has 0 bridgehead atoms. The van der Waals surface area contributed by atoms with E-state index in [-0.39, 0.29) is 34.5 Å². The van der Waals surface area contributed by atoms with E-state index < -0.39 is 9.84 Å². The van der Waals surface area contributed by atoms with Gasteiger partial charge in [-0.15, -0.1) is 0 Å². The highest BCUT2D eigenvalue weighted by molar-refractivity contribution is 7.90. The highest BCUT2D eigenvalue weighted by atomic mass is 32.2. The summed E-state index contributed by atoms with van der Waals surface area (Å²) >= 11 is 0. The van der Waals surface area contributed by atoms with E-state index in [1.807, 2.05) is 12.1 Å². The van der Waals surface area contributed by atoms with Gasteiger partial charge in [0, 0.05) is 24.1 Å². The first-order valence-corrected chi connectivity index (χ1v) is 14.4. The van der Waals surface area contributed by atoms with Crippen LogP contribution >= 0.6 is 0 Å². The standard InChI is InChI=1S/C27H31N5O5S/c1-37-21-9-7-20(8-10-21)32-24-22(25(30-32)38(2,35)36)11-16-31(26(24)34)19-5-3-18(4-6-19)27(12-13-27)14-15-29-17-23(28)33/h3-10,29H,11-17H2,1-2H3,(H2,28,33). The highest BCUT2D eigenvalue weighted by Crippen LogP contribution is 2.51. The maximum atomic E-state index is 13.8. The number of nitrogens with one attached hydrogen (secondary N) is 1. The van der Waals surface area contributed by atoms with Crippen molar-refractivity contribution in [1.82, 2.24) is 15.1 Å². The third-order valence-corrected chi connectivity index (χ3v) is 8.40. The SMILES string of the molecule is COc1ccc(-n2nc(S(C)(=O)=O)c3c2C(=O)N(c2ccc(C4(CCNCC(N)=O)CC4)cc2)CC3)cc1. The van der Waals surface area contributed by atoms with Gasteiger partial charge in [-0.1, -0.05) is 12.1 Å². The molecule has 0 unspecified atom stereocenters. The summed E-state index contributed by atoms with van der Waals surface area (Å²) in [7, 11) is -2.08. The second-order valence-corrected chi connectivity index (χ2v) is 11.9. The second-order valence-electron chi connectivity index (χ2n) is 9.94. The second kappa shape index (κ2) is 9.88. The highest BCUT2D eigenvalue weighted by Gasteiger charge is 2.43. The summed E-state index contributed by atoms with van der Waals surface area (Å²) in [5.41, 5.74) is 8.51. The largest absolute Gasteiger partial charge is 0.497 e. The molecule has 0 radical (unpaired) electrons. The summed E-state index contributed by atoms with van der Waals surface area (Å²) in [6, 6.07) is 15.0. The van der Waals surface area contributed by atoms with Crippen LogP contribution in [-0.4, -0.2) is 63.0 Å². The summed E-state index contributed by atoms with van der Waals surface area (Å²) in [6.07, 6.45) is 4.54. The van der Waals surface area contributed by atoms with Gasteiger partial charge in [-0.2, -0.15) is 5.10 Å². The van der Waals surface area contributed by atoms with Gasteiger partial charge >= 0.3 is 0 Å². The Morgan fingerprint density at radius 3 is 2.34 bits per heavy atom. The number of ether oxygens (including phenoxy) is 1. The normalized spacial score (nSPS) is 16.3. The van der Waals surface area contributed by atoms with Crippen LogP contribution in [0.1, 0.15) is 40.9 Å². The number of carbonyl (C=O) groups excluding carboxylic acids is 2. The van der Waals surface area contributed by atoms with Crippen LogP contribution < -0.4 is 20.7 Å². The number of sulfone groups is 1. The molecule has 200 valence electrons. The molecular weight excluding hydrogens is 506 g/mol. The molecule has 1 aliphatic heterocycles. The van der Waals surface area contributed by atoms with Gasteiger partial charge < -0.3 is 20.7 Å². The number of fused-ring (bicyclic) bond motifs is 1. The van der Waals surface area contributed by atoms with Gasteiger partial charge in [0.25, 0.3) is 5.91 Å². The van der Waals surface area contributed by atoms with Crippen LogP contribution in [0.15, 0.2) is 53.6 Å². The topological polar surface area (TPSA) is 137 Å². The van der Waals surface area contributed by atoms with Crippen LogP contribution in [0, 0.1) is 0 Å². The van der Waals surface area contributed by atoms with Crippen molar-refractivity contribution in [1.29, 1.82) is 0 Å². The molecule has 3 N–H and O–H groups in total. The first-order chi connectivity index (χ1) is 18.1. The van der Waals surface area contributed by atoms with Gasteiger partial charge in [0.15, 0.2) is 14.9 Å². The van der Waals surface area contributed by atoms with Crippen molar-refractivity contribution < 1.29 is 22.7 Å². The van der Waals surface area contributed by atoms with Crippen molar-refractivity contribution in [3.63, 3.8) is 0 Å². The quantitative estimate of drug-likeness (QED) is 0.377. The molecule has 3 aromatic rings. The van der Waals surface area contributed by atoms with Crippen molar-refractivity contribution in [2.45, 2.75) is 36.1 Å². The van der Waals surface area contributed by atoms with Crippen LogP contribution in [0.25, 0.3) is 5.69 Å². The van der Waals surface area contributed by atoms with E-state index in [0.29, 0.717) is 36.5 Å². The van der Waals surface area contributed by atoms with Crippen LogP contribution in [0.5, 0.6) is 5.75 Å². The van der Waals surface area contributed by atoms with E-state index in [4.69, 9.17) is 10.5 Å². The Balaban J connectivity index is 1.42. The van der Waals surface area contributed by atoms with Gasteiger partial charge in [-0.25, -0.2) is 13.1 Å². The number of carbonyl (C=O) groups is 2. The summed E-state index contributed by atoms with van der Waals surface area (Å²) in [5, 5.41) is 7.39. The number of hydrogen-bond donors (Lipinski definition) is 2. The van der Waals surface area contributed by atoms with Crippen LogP contribution in [-0.2, 0) is 26.5 Å². The molecule has 5 rings (SSSR count). The number of methoxy groups -OCH3 is 1. The number of anilines is 1. The number of nitrogens with two attached hydrogens (primary N) is 1. The van der Waals surface area contributed by atoms with Crippen molar-refractivity contribution in [3.8, 4) is 11.4 Å². The van der Waals surface area contributed by atoms with Crippen LogP contribution in [0.3, 0.4) is 0 Å². The lowest BCUT2D eigenvalue weighted by molar-refractivity contribution is -0.117. The maximum absolute atomic E-state index is 13.8. The molecule has 0 saturated heterocycles. The Kier molecular flexibility index (Phi) is 6.74. The molecule has 1 aromatic heterocycles.